The molecule has 2 heterocycles. The number of rotatable bonds is 13. The second kappa shape index (κ2) is 15.3. The molecule has 4 N–H and O–H groups in total. The smallest absolute Gasteiger partial charge is 0.260 e. The van der Waals surface area contributed by atoms with Crippen LogP contribution in [0.1, 0.15) is 30.6 Å². The van der Waals surface area contributed by atoms with Crippen molar-refractivity contribution in [2.24, 2.45) is 0 Å². The van der Waals surface area contributed by atoms with Crippen molar-refractivity contribution >= 4 is 57.5 Å². The van der Waals surface area contributed by atoms with Crippen molar-refractivity contribution in [2.45, 2.75) is 26.3 Å². The summed E-state index contributed by atoms with van der Waals surface area (Å²) in [5.41, 5.74) is 2.72. The highest BCUT2D eigenvalue weighted by Crippen LogP contribution is 2.23. The van der Waals surface area contributed by atoms with E-state index in [0.717, 1.165) is 23.0 Å². The lowest BCUT2D eigenvalue weighted by molar-refractivity contribution is -0.132. The number of hydrogen-bond acceptors (Lipinski definition) is 10. The first kappa shape index (κ1) is 32.5. The molecule has 13 nitrogen and oxygen atoms in total. The predicted octanol–water partition coefficient (Wildman–Crippen LogP) is 4.14. The summed E-state index contributed by atoms with van der Waals surface area (Å²) in [6, 6.07) is 13.5. The van der Waals surface area contributed by atoms with E-state index in [4.69, 9.17) is 0 Å². The number of nitrogens with zero attached hydrogens (tertiary/aromatic N) is 6. The van der Waals surface area contributed by atoms with Crippen molar-refractivity contribution in [3.63, 3.8) is 0 Å². The van der Waals surface area contributed by atoms with E-state index in [9.17, 15) is 14.4 Å². The third-order valence-corrected chi connectivity index (χ3v) is 6.77. The van der Waals surface area contributed by atoms with Crippen molar-refractivity contribution in [1.29, 1.82) is 0 Å². The van der Waals surface area contributed by atoms with Crippen LogP contribution in [0.25, 0.3) is 10.9 Å². The zero-order valence-corrected chi connectivity index (χ0v) is 26.0. The molecule has 13 heteroatoms. The highest BCUT2D eigenvalue weighted by Gasteiger charge is 2.21. The van der Waals surface area contributed by atoms with Crippen LogP contribution in [0.15, 0.2) is 73.1 Å². The summed E-state index contributed by atoms with van der Waals surface area (Å²) in [5.74, 6) is -0.358. The first-order chi connectivity index (χ1) is 21.6. The van der Waals surface area contributed by atoms with E-state index in [-0.39, 0.29) is 17.4 Å². The molecule has 1 atom stereocenters. The fourth-order valence-corrected chi connectivity index (χ4v) is 4.15. The molecule has 1 unspecified atom stereocenters. The van der Waals surface area contributed by atoms with E-state index in [1.165, 1.54) is 17.2 Å². The summed E-state index contributed by atoms with van der Waals surface area (Å²) >= 11 is 0. The molecule has 0 saturated carbocycles. The average Bonchev–Trinajstić information content (AvgIpc) is 3.03. The Labute approximate surface area is 262 Å². The second-order valence-corrected chi connectivity index (χ2v) is 10.6. The molecular formula is C32H38N10O3. The van der Waals surface area contributed by atoms with E-state index in [2.05, 4.69) is 41.4 Å². The van der Waals surface area contributed by atoms with Gasteiger partial charge in [0.25, 0.3) is 5.91 Å². The Bertz CT molecular complexity index is 1690. The number of amides is 3. The van der Waals surface area contributed by atoms with Gasteiger partial charge in [-0.2, -0.15) is 15.2 Å². The third-order valence-electron chi connectivity index (χ3n) is 6.77. The van der Waals surface area contributed by atoms with Crippen molar-refractivity contribution in [3.05, 3.63) is 78.6 Å². The maximum atomic E-state index is 13.3. The fourth-order valence-electron chi connectivity index (χ4n) is 4.15. The number of anilines is 5. The molecule has 3 amide bonds. The van der Waals surface area contributed by atoms with Crippen LogP contribution in [-0.4, -0.2) is 88.0 Å². The zero-order chi connectivity index (χ0) is 32.3. The van der Waals surface area contributed by atoms with Gasteiger partial charge in [-0.25, -0.2) is 4.98 Å². The van der Waals surface area contributed by atoms with Crippen LogP contribution in [0.2, 0.25) is 0 Å². The lowest BCUT2D eigenvalue weighted by Gasteiger charge is -2.23. The fraction of sp³-hybridized carbons (Fsp3) is 0.281. The van der Waals surface area contributed by atoms with Gasteiger partial charge in [0.05, 0.1) is 11.7 Å². The van der Waals surface area contributed by atoms with E-state index in [1.54, 1.807) is 50.5 Å². The average molecular weight is 611 g/mol. The molecular weight excluding hydrogens is 572 g/mol. The molecule has 0 spiro atoms. The molecule has 0 aliphatic heterocycles. The lowest BCUT2D eigenvalue weighted by Crippen LogP contribution is -2.42. The van der Waals surface area contributed by atoms with Gasteiger partial charge in [-0.1, -0.05) is 19.1 Å². The van der Waals surface area contributed by atoms with Gasteiger partial charge in [0.15, 0.2) is 0 Å². The van der Waals surface area contributed by atoms with Gasteiger partial charge < -0.3 is 31.1 Å². The lowest BCUT2D eigenvalue weighted by atomic mass is 10.2. The number of likely N-dealkylation sites (N-methyl/N-ethyl adjacent to an activating group) is 2. The maximum Gasteiger partial charge on any atom is 0.260 e. The van der Waals surface area contributed by atoms with Crippen LogP contribution in [0.5, 0.6) is 0 Å². The van der Waals surface area contributed by atoms with Crippen LogP contribution in [0.3, 0.4) is 0 Å². The summed E-state index contributed by atoms with van der Waals surface area (Å²) in [4.78, 5) is 50.9. The summed E-state index contributed by atoms with van der Waals surface area (Å²) in [5, 5.41) is 21.0. The van der Waals surface area contributed by atoms with Gasteiger partial charge in [-0.3, -0.25) is 14.4 Å². The molecule has 0 aliphatic carbocycles. The summed E-state index contributed by atoms with van der Waals surface area (Å²) in [6.45, 7) is 4.88. The molecule has 2 aromatic carbocycles. The minimum atomic E-state index is -0.723. The number of carbonyl (C=O) groups excluding carboxylic acids is 3. The van der Waals surface area contributed by atoms with E-state index >= 15 is 0 Å². The van der Waals surface area contributed by atoms with Gasteiger partial charge in [-0.15, -0.1) is 0 Å². The number of carbonyl (C=O) groups is 3. The number of aromatic nitrogens is 4. The van der Waals surface area contributed by atoms with Crippen molar-refractivity contribution < 1.29 is 14.4 Å². The normalized spacial score (nSPS) is 11.8. The van der Waals surface area contributed by atoms with Gasteiger partial charge in [0.2, 0.25) is 17.8 Å². The first-order valence-corrected chi connectivity index (χ1v) is 14.5. The summed E-state index contributed by atoms with van der Waals surface area (Å²) in [7, 11) is 5.38. The standard InChI is InChI=1S/C32H38N10O3/c1-6-15-33-29-26(20-34-32(39-29)38-25-12-13-27-22(18-25)14-16-35-40-27)31(45)37-24-10-7-9-23(19-24)36-30(44)21(2)42(5)28(43)11-8-17-41(3)4/h7-14,16,18-21H,6,15,17H2,1-5H3,(H,36,44)(H,37,45)(H2,33,34,38,39)/b11-8+. The third kappa shape index (κ3) is 9.03. The maximum absolute atomic E-state index is 13.3. The minimum Gasteiger partial charge on any atom is -0.369 e. The molecule has 4 aromatic rings. The van der Waals surface area contributed by atoms with Crippen LogP contribution < -0.4 is 21.3 Å². The van der Waals surface area contributed by atoms with Crippen LogP contribution >= 0.6 is 0 Å². The quantitative estimate of drug-likeness (QED) is 0.162. The van der Waals surface area contributed by atoms with Crippen molar-refractivity contribution in [3.8, 4) is 0 Å². The van der Waals surface area contributed by atoms with E-state index < -0.39 is 11.9 Å². The molecule has 234 valence electrons. The van der Waals surface area contributed by atoms with Gasteiger partial charge >= 0.3 is 0 Å². The molecule has 4 rings (SSSR count). The Morgan fingerprint density at radius 3 is 2.51 bits per heavy atom. The molecule has 0 aliphatic rings. The molecule has 45 heavy (non-hydrogen) atoms. The summed E-state index contributed by atoms with van der Waals surface area (Å²) in [6.07, 6.45) is 7.11. The Balaban J connectivity index is 1.43. The zero-order valence-electron chi connectivity index (χ0n) is 26.0. The highest BCUT2D eigenvalue weighted by molar-refractivity contribution is 6.08. The van der Waals surface area contributed by atoms with Crippen LogP contribution in [0, 0.1) is 0 Å². The van der Waals surface area contributed by atoms with Gasteiger partial charge in [-0.05, 0) is 69.9 Å². The van der Waals surface area contributed by atoms with Gasteiger partial charge in [0, 0.05) is 54.9 Å². The Morgan fingerprint density at radius 2 is 1.76 bits per heavy atom. The molecule has 2 aromatic heterocycles. The largest absolute Gasteiger partial charge is 0.369 e. The number of hydrogen-bond donors (Lipinski definition) is 4. The molecule has 0 radical (unpaired) electrons. The number of fused-ring (bicyclic) bond motifs is 1. The van der Waals surface area contributed by atoms with Gasteiger partial charge in [0.1, 0.15) is 17.4 Å². The number of nitrogens with one attached hydrogen (secondary N) is 4. The molecule has 0 bridgehead atoms. The highest BCUT2D eigenvalue weighted by atomic mass is 16.2. The SMILES string of the molecule is CCCNc1nc(Nc2ccc3nnccc3c2)ncc1C(=O)Nc1cccc(NC(=O)C(C)N(C)C(=O)/C=C/CN(C)C)c1. The van der Waals surface area contributed by atoms with Crippen molar-refractivity contribution in [2.75, 3.05) is 55.5 Å². The topological polar surface area (TPSA) is 157 Å². The van der Waals surface area contributed by atoms with Crippen LogP contribution in [0.4, 0.5) is 28.8 Å². The first-order valence-electron chi connectivity index (χ1n) is 14.5. The minimum absolute atomic E-state index is 0.258. The van der Waals surface area contributed by atoms with E-state index in [1.807, 2.05) is 50.2 Å². The molecule has 0 saturated heterocycles. The van der Waals surface area contributed by atoms with Crippen LogP contribution in [-0.2, 0) is 9.59 Å². The monoisotopic (exact) mass is 610 g/mol. The molecule has 0 fully saturated rings. The second-order valence-electron chi connectivity index (χ2n) is 10.6. The Hall–Kier alpha value is -5.43. The van der Waals surface area contributed by atoms with E-state index in [0.29, 0.717) is 36.2 Å². The Kier molecular flexibility index (Phi) is 11.1. The number of benzene rings is 2. The van der Waals surface area contributed by atoms with Crippen molar-refractivity contribution in [1.82, 2.24) is 30.0 Å². The Morgan fingerprint density at radius 1 is 0.978 bits per heavy atom. The summed E-state index contributed by atoms with van der Waals surface area (Å²) < 4.78 is 0. The predicted molar refractivity (Wildman–Crippen MR) is 177 cm³/mol.